The van der Waals surface area contributed by atoms with Gasteiger partial charge >= 0.3 is 0 Å². The van der Waals surface area contributed by atoms with Crippen molar-refractivity contribution in [3.63, 3.8) is 0 Å². The largest absolute Gasteiger partial charge is 0.380 e. The van der Waals surface area contributed by atoms with Crippen molar-refractivity contribution in [1.82, 2.24) is 9.88 Å². The lowest BCUT2D eigenvalue weighted by Crippen LogP contribution is -2.57. The van der Waals surface area contributed by atoms with Crippen LogP contribution in [0.25, 0.3) is 0 Å². The van der Waals surface area contributed by atoms with Crippen LogP contribution in [-0.2, 0) is 4.74 Å². The Balaban J connectivity index is 1.26. The quantitative estimate of drug-likeness (QED) is 0.756. The lowest BCUT2D eigenvalue weighted by Gasteiger charge is -2.44. The minimum absolute atomic E-state index is 0.632. The average molecular weight is 374 g/mol. The van der Waals surface area contributed by atoms with Gasteiger partial charge in [0.1, 0.15) is 5.82 Å². The Kier molecular flexibility index (Phi) is 4.80. The second-order valence-electron chi connectivity index (χ2n) is 8.28. The molecule has 3 aliphatic heterocycles. The van der Waals surface area contributed by atoms with Crippen molar-refractivity contribution in [1.29, 1.82) is 0 Å². The number of aromatic nitrogens is 1. The van der Waals surface area contributed by atoms with Gasteiger partial charge < -0.3 is 9.64 Å². The summed E-state index contributed by atoms with van der Waals surface area (Å²) >= 11 is 0. The highest BCUT2D eigenvalue weighted by Gasteiger charge is 2.44. The van der Waals surface area contributed by atoms with Crippen LogP contribution >= 0.6 is 0 Å². The van der Waals surface area contributed by atoms with Gasteiger partial charge in [-0.2, -0.15) is 0 Å². The maximum Gasteiger partial charge on any atom is 0.128 e. The number of rotatable bonds is 2. The number of nitrogens with zero attached hydrogens (tertiary/aromatic N) is 3. The summed E-state index contributed by atoms with van der Waals surface area (Å²) in [6.45, 7) is 6.09. The van der Waals surface area contributed by atoms with E-state index in [0.717, 1.165) is 43.2 Å². The molecule has 3 saturated heterocycles. The van der Waals surface area contributed by atoms with Crippen LogP contribution in [0.2, 0.25) is 0 Å². The predicted molar refractivity (Wildman–Crippen MR) is 111 cm³/mol. The molecule has 4 heterocycles. The highest BCUT2D eigenvalue weighted by molar-refractivity contribution is 5.47. The number of ether oxygens (including phenoxy) is 1. The Morgan fingerprint density at radius 3 is 2.25 bits per heavy atom. The summed E-state index contributed by atoms with van der Waals surface area (Å²) in [5.74, 6) is 7.54. The molecule has 28 heavy (non-hydrogen) atoms. The molecule has 3 aliphatic rings. The standard InChI is InChI=1S/C24H27N3O/c1-18-2-4-19(5-3-18)6-7-20-8-11-24(25-14-20)26-15-21-9-10-22(16-26)27(21)23-12-13-28-17-23/h2-5,8,11,14,21-23H,9-10,12-13,15-17H2,1H3. The molecule has 0 spiro atoms. The summed E-state index contributed by atoms with van der Waals surface area (Å²) < 4.78 is 5.64. The molecule has 5 rings (SSSR count). The van der Waals surface area contributed by atoms with Crippen LogP contribution in [0.15, 0.2) is 42.6 Å². The van der Waals surface area contributed by atoms with Crippen molar-refractivity contribution in [2.24, 2.45) is 0 Å². The van der Waals surface area contributed by atoms with Crippen molar-refractivity contribution in [3.8, 4) is 11.8 Å². The summed E-state index contributed by atoms with van der Waals surface area (Å²) in [5, 5.41) is 0. The molecule has 0 amide bonds. The van der Waals surface area contributed by atoms with Crippen molar-refractivity contribution in [2.75, 3.05) is 31.2 Å². The number of anilines is 1. The number of hydrogen-bond acceptors (Lipinski definition) is 4. The number of pyridine rings is 1. The van der Waals surface area contributed by atoms with Crippen molar-refractivity contribution >= 4 is 5.82 Å². The highest BCUT2D eigenvalue weighted by Crippen LogP contribution is 2.35. The molecule has 144 valence electrons. The number of piperazine rings is 1. The van der Waals surface area contributed by atoms with Gasteiger partial charge in [0.25, 0.3) is 0 Å². The molecule has 1 aromatic carbocycles. The van der Waals surface area contributed by atoms with Crippen LogP contribution < -0.4 is 4.90 Å². The van der Waals surface area contributed by atoms with E-state index in [-0.39, 0.29) is 0 Å². The Bertz CT molecular complexity index is 861. The Morgan fingerprint density at radius 2 is 1.61 bits per heavy atom. The number of benzene rings is 1. The summed E-state index contributed by atoms with van der Waals surface area (Å²) in [5.41, 5.74) is 3.26. The molecule has 0 aliphatic carbocycles. The summed E-state index contributed by atoms with van der Waals surface area (Å²) in [7, 11) is 0. The van der Waals surface area contributed by atoms with Crippen LogP contribution in [0.4, 0.5) is 5.82 Å². The van der Waals surface area contributed by atoms with E-state index in [1.165, 1.54) is 24.8 Å². The van der Waals surface area contributed by atoms with Crippen LogP contribution in [0.1, 0.15) is 36.0 Å². The fourth-order valence-electron chi connectivity index (χ4n) is 4.90. The molecule has 3 fully saturated rings. The van der Waals surface area contributed by atoms with Gasteiger partial charge in [-0.05, 0) is 50.5 Å². The molecule has 1 aromatic heterocycles. The zero-order valence-electron chi connectivity index (χ0n) is 16.5. The van der Waals surface area contributed by atoms with E-state index in [4.69, 9.17) is 9.72 Å². The average Bonchev–Trinajstić information content (AvgIpc) is 3.33. The molecule has 4 nitrogen and oxygen atoms in total. The molecule has 2 aromatic rings. The minimum Gasteiger partial charge on any atom is -0.380 e. The second kappa shape index (κ2) is 7.58. The first-order chi connectivity index (χ1) is 13.8. The normalized spacial score (nSPS) is 26.9. The van der Waals surface area contributed by atoms with E-state index in [1.807, 2.05) is 6.20 Å². The first-order valence-corrected chi connectivity index (χ1v) is 10.4. The Morgan fingerprint density at radius 1 is 0.893 bits per heavy atom. The molecular formula is C24H27N3O. The maximum absolute atomic E-state index is 5.64. The topological polar surface area (TPSA) is 28.6 Å². The van der Waals surface area contributed by atoms with Gasteiger partial charge in [0, 0.05) is 55.1 Å². The van der Waals surface area contributed by atoms with Gasteiger partial charge in [-0.25, -0.2) is 4.98 Å². The van der Waals surface area contributed by atoms with Crippen molar-refractivity contribution in [3.05, 3.63) is 59.3 Å². The Labute approximate surface area is 167 Å². The molecule has 3 unspecified atom stereocenters. The van der Waals surface area contributed by atoms with Crippen molar-refractivity contribution in [2.45, 2.75) is 44.3 Å². The van der Waals surface area contributed by atoms with E-state index in [1.54, 1.807) is 0 Å². The van der Waals surface area contributed by atoms with E-state index in [9.17, 15) is 0 Å². The van der Waals surface area contributed by atoms with Gasteiger partial charge in [-0.15, -0.1) is 0 Å². The van der Waals surface area contributed by atoms with Crippen molar-refractivity contribution < 1.29 is 4.74 Å². The van der Waals surface area contributed by atoms with E-state index >= 15 is 0 Å². The van der Waals surface area contributed by atoms with Gasteiger partial charge in [-0.1, -0.05) is 29.5 Å². The third-order valence-corrected chi connectivity index (χ3v) is 6.34. The molecule has 0 saturated carbocycles. The lowest BCUT2D eigenvalue weighted by atomic mass is 10.1. The molecule has 3 atom stereocenters. The minimum atomic E-state index is 0.632. The number of fused-ring (bicyclic) bond motifs is 2. The van der Waals surface area contributed by atoms with Crippen LogP contribution in [0.5, 0.6) is 0 Å². The monoisotopic (exact) mass is 373 g/mol. The van der Waals surface area contributed by atoms with Crippen LogP contribution in [0.3, 0.4) is 0 Å². The molecule has 0 N–H and O–H groups in total. The first-order valence-electron chi connectivity index (χ1n) is 10.4. The first kappa shape index (κ1) is 17.7. The van der Waals surface area contributed by atoms with Gasteiger partial charge in [0.05, 0.1) is 6.61 Å². The summed E-state index contributed by atoms with van der Waals surface area (Å²) in [4.78, 5) is 9.95. The highest BCUT2D eigenvalue weighted by atomic mass is 16.5. The molecular weight excluding hydrogens is 346 g/mol. The van der Waals surface area contributed by atoms with Gasteiger partial charge in [0.15, 0.2) is 0 Å². The SMILES string of the molecule is Cc1ccc(C#Cc2ccc(N3CC4CCC(C3)N4C3CCOC3)nc2)cc1. The third-order valence-electron chi connectivity index (χ3n) is 6.34. The van der Waals surface area contributed by atoms with Crippen LogP contribution in [0, 0.1) is 18.8 Å². The zero-order chi connectivity index (χ0) is 18.9. The fraction of sp³-hybridized carbons (Fsp3) is 0.458. The smallest absolute Gasteiger partial charge is 0.128 e. The fourth-order valence-corrected chi connectivity index (χ4v) is 4.90. The maximum atomic E-state index is 5.64. The van der Waals surface area contributed by atoms with Gasteiger partial charge in [0.2, 0.25) is 0 Å². The number of hydrogen-bond donors (Lipinski definition) is 0. The van der Waals surface area contributed by atoms with E-state index < -0.39 is 0 Å². The molecule has 4 heteroatoms. The number of aryl methyl sites for hydroxylation is 1. The predicted octanol–water partition coefficient (Wildman–Crippen LogP) is 3.23. The third kappa shape index (κ3) is 3.53. The van der Waals surface area contributed by atoms with Crippen LogP contribution in [-0.4, -0.2) is 54.3 Å². The second-order valence-corrected chi connectivity index (χ2v) is 8.28. The van der Waals surface area contributed by atoms with E-state index in [2.05, 4.69) is 65.0 Å². The summed E-state index contributed by atoms with van der Waals surface area (Å²) in [6, 6.07) is 14.5. The molecule has 2 bridgehead atoms. The lowest BCUT2D eigenvalue weighted by molar-refractivity contribution is 0.0918. The molecule has 0 radical (unpaired) electrons. The Hall–Kier alpha value is -2.35. The zero-order valence-corrected chi connectivity index (χ0v) is 16.5. The van der Waals surface area contributed by atoms with E-state index in [0.29, 0.717) is 18.1 Å². The van der Waals surface area contributed by atoms with Gasteiger partial charge in [-0.3, -0.25) is 4.90 Å². The summed E-state index contributed by atoms with van der Waals surface area (Å²) in [6.07, 6.45) is 5.71.